The third kappa shape index (κ3) is 2.86. The van der Waals surface area contributed by atoms with Gasteiger partial charge < -0.3 is 9.64 Å². The molecule has 5 aromatic rings. The number of anilines is 3. The Morgan fingerprint density at radius 1 is 0.447 bits per heavy atom. The zero-order chi connectivity index (χ0) is 32.9. The summed E-state index contributed by atoms with van der Waals surface area (Å²) in [4.78, 5) is 2.67. The molecule has 4 aliphatic carbocycles. The lowest BCUT2D eigenvalue weighted by molar-refractivity contribution is 0.466. The van der Waals surface area contributed by atoms with E-state index in [1.807, 2.05) is 0 Å². The molecule has 1 aliphatic heterocycles. The van der Waals surface area contributed by atoms with Crippen LogP contribution >= 0.6 is 0 Å². The van der Waals surface area contributed by atoms with Gasteiger partial charge in [0.2, 0.25) is 0 Å². The van der Waals surface area contributed by atoms with Crippen LogP contribution < -0.4 is 9.64 Å². The van der Waals surface area contributed by atoms with Crippen molar-refractivity contribution in [2.45, 2.75) is 97.8 Å². The minimum Gasteiger partial charge on any atom is -0.453 e. The highest BCUT2D eigenvalue weighted by molar-refractivity contribution is 6.05. The van der Waals surface area contributed by atoms with E-state index in [1.165, 1.54) is 101 Å². The summed E-state index contributed by atoms with van der Waals surface area (Å²) in [5.74, 6) is 1.96. The topological polar surface area (TPSA) is 12.5 Å². The van der Waals surface area contributed by atoms with Gasteiger partial charge in [-0.25, -0.2) is 0 Å². The summed E-state index contributed by atoms with van der Waals surface area (Å²) >= 11 is 0. The predicted molar refractivity (Wildman–Crippen MR) is 195 cm³/mol. The molecule has 5 aromatic carbocycles. The van der Waals surface area contributed by atoms with Crippen LogP contribution in [0.2, 0.25) is 0 Å². The Bertz CT molecular complexity index is 2200. The number of fused-ring (bicyclic) bond motifs is 4. The molecule has 0 aromatic heterocycles. The highest BCUT2D eigenvalue weighted by Crippen LogP contribution is 2.71. The highest BCUT2D eigenvalue weighted by atomic mass is 16.5. The van der Waals surface area contributed by atoms with Crippen molar-refractivity contribution in [3.05, 3.63) is 122 Å². The molecule has 0 saturated heterocycles. The quantitative estimate of drug-likeness (QED) is 0.183. The first-order valence-electron chi connectivity index (χ1n) is 17.4. The standard InChI is InChI=1S/C45H43NO/c1-22-18-23(2)39(24(3)19-22)46-40-31(20-29-35-33-25(42(29,4)5)14-12-16-27(33)44(8,9)37(35)40)47-32-21-30-36-34-26(43(30,6)7)15-13-17-28(34)45(10,11)38(36)41(32)46/h12-21H,1-11H3. The summed E-state index contributed by atoms with van der Waals surface area (Å²) in [7, 11) is 0. The van der Waals surface area contributed by atoms with Crippen molar-refractivity contribution in [1.82, 2.24) is 0 Å². The van der Waals surface area contributed by atoms with Gasteiger partial charge in [-0.05, 0) is 111 Å². The minimum atomic E-state index is -0.187. The Morgan fingerprint density at radius 3 is 1.23 bits per heavy atom. The Labute approximate surface area is 279 Å². The van der Waals surface area contributed by atoms with Gasteiger partial charge in [0.15, 0.2) is 11.5 Å². The Hall–Kier alpha value is -4.30. The van der Waals surface area contributed by atoms with Gasteiger partial charge >= 0.3 is 0 Å². The number of ether oxygens (including phenoxy) is 1. The molecular weight excluding hydrogens is 571 g/mol. The lowest BCUT2D eigenvalue weighted by Crippen LogP contribution is -2.30. The molecule has 0 bridgehead atoms. The fourth-order valence-corrected chi connectivity index (χ4v) is 10.9. The van der Waals surface area contributed by atoms with E-state index in [0.29, 0.717) is 0 Å². The molecule has 0 atom stereocenters. The van der Waals surface area contributed by atoms with Crippen molar-refractivity contribution < 1.29 is 4.74 Å². The fourth-order valence-electron chi connectivity index (χ4n) is 10.9. The first-order chi connectivity index (χ1) is 22.1. The van der Waals surface area contributed by atoms with Gasteiger partial charge in [0.05, 0.1) is 17.1 Å². The van der Waals surface area contributed by atoms with Gasteiger partial charge in [-0.2, -0.15) is 0 Å². The van der Waals surface area contributed by atoms with E-state index in [-0.39, 0.29) is 21.7 Å². The summed E-state index contributed by atoms with van der Waals surface area (Å²) in [6, 6.07) is 23.5. The first kappa shape index (κ1) is 27.8. The molecule has 0 N–H and O–H groups in total. The molecule has 234 valence electrons. The van der Waals surface area contributed by atoms with E-state index in [4.69, 9.17) is 4.74 Å². The second-order valence-electron chi connectivity index (χ2n) is 17.2. The summed E-state index contributed by atoms with van der Waals surface area (Å²) in [6.45, 7) is 26.1. The van der Waals surface area contributed by atoms with Crippen LogP contribution in [-0.4, -0.2) is 0 Å². The molecule has 47 heavy (non-hydrogen) atoms. The number of nitrogens with zero attached hydrogens (tertiary/aromatic N) is 1. The summed E-state index contributed by atoms with van der Waals surface area (Å²) in [6.07, 6.45) is 0. The number of rotatable bonds is 1. The summed E-state index contributed by atoms with van der Waals surface area (Å²) in [5, 5.41) is 0. The van der Waals surface area contributed by atoms with Gasteiger partial charge in [-0.1, -0.05) is 109 Å². The largest absolute Gasteiger partial charge is 0.453 e. The second-order valence-corrected chi connectivity index (χ2v) is 17.2. The van der Waals surface area contributed by atoms with Gasteiger partial charge in [-0.15, -0.1) is 0 Å². The van der Waals surface area contributed by atoms with Crippen molar-refractivity contribution in [3.63, 3.8) is 0 Å². The molecule has 10 rings (SSSR count). The average molecular weight is 614 g/mol. The van der Waals surface area contributed by atoms with Crippen molar-refractivity contribution in [2.24, 2.45) is 0 Å². The summed E-state index contributed by atoms with van der Waals surface area (Å²) in [5.41, 5.74) is 24.2. The van der Waals surface area contributed by atoms with Crippen LogP contribution in [0.5, 0.6) is 11.5 Å². The van der Waals surface area contributed by atoms with Crippen molar-refractivity contribution in [2.75, 3.05) is 4.90 Å². The fraction of sp³-hybridized carbons (Fsp3) is 0.333. The van der Waals surface area contributed by atoms with Gasteiger partial charge in [0.1, 0.15) is 0 Å². The molecule has 0 amide bonds. The van der Waals surface area contributed by atoms with Crippen LogP contribution in [0.25, 0.3) is 22.3 Å². The highest BCUT2D eigenvalue weighted by Gasteiger charge is 2.54. The molecule has 2 heteroatoms. The van der Waals surface area contributed by atoms with Crippen molar-refractivity contribution in [1.29, 1.82) is 0 Å². The Morgan fingerprint density at radius 2 is 0.830 bits per heavy atom. The predicted octanol–water partition coefficient (Wildman–Crippen LogP) is 12.1. The van der Waals surface area contributed by atoms with Crippen LogP contribution in [-0.2, 0) is 21.7 Å². The van der Waals surface area contributed by atoms with Crippen LogP contribution in [0.1, 0.15) is 117 Å². The normalized spacial score (nSPS) is 19.3. The van der Waals surface area contributed by atoms with Crippen LogP contribution in [0.4, 0.5) is 17.1 Å². The maximum absolute atomic E-state index is 7.37. The smallest absolute Gasteiger partial charge is 0.152 e. The van der Waals surface area contributed by atoms with E-state index >= 15 is 0 Å². The van der Waals surface area contributed by atoms with E-state index in [2.05, 4.69) is 142 Å². The molecule has 0 radical (unpaired) electrons. The molecule has 5 aliphatic rings. The molecule has 1 heterocycles. The summed E-state index contributed by atoms with van der Waals surface area (Å²) < 4.78 is 7.37. The number of aryl methyl sites for hydroxylation is 3. The van der Waals surface area contributed by atoms with E-state index < -0.39 is 0 Å². The lowest BCUT2D eigenvalue weighted by atomic mass is 9.73. The van der Waals surface area contributed by atoms with Crippen LogP contribution in [0, 0.1) is 20.8 Å². The number of hydrogen-bond donors (Lipinski definition) is 0. The number of hydrogen-bond acceptors (Lipinski definition) is 2. The van der Waals surface area contributed by atoms with Gasteiger partial charge in [0.25, 0.3) is 0 Å². The SMILES string of the molecule is Cc1cc(C)c(N2c3c(cc4c5c3C(C)(C)c3cccc(c3-5)C4(C)C)Oc3cc4c5c(c32)C(C)(C)c2cccc(c2-5)C4(C)C)c(C)c1. The van der Waals surface area contributed by atoms with E-state index in [9.17, 15) is 0 Å². The lowest BCUT2D eigenvalue weighted by Gasteiger charge is -2.43. The second kappa shape index (κ2) is 7.87. The monoisotopic (exact) mass is 613 g/mol. The third-order valence-electron chi connectivity index (χ3n) is 13.0. The maximum Gasteiger partial charge on any atom is 0.152 e. The third-order valence-corrected chi connectivity index (χ3v) is 13.0. The van der Waals surface area contributed by atoms with Crippen molar-refractivity contribution >= 4 is 17.1 Å². The molecule has 0 unspecified atom stereocenters. The van der Waals surface area contributed by atoms with Crippen LogP contribution in [0.3, 0.4) is 0 Å². The zero-order valence-electron chi connectivity index (χ0n) is 29.6. The molecule has 0 saturated carbocycles. The van der Waals surface area contributed by atoms with Gasteiger partial charge in [0, 0.05) is 21.7 Å². The first-order valence-corrected chi connectivity index (χ1v) is 17.4. The zero-order valence-corrected chi connectivity index (χ0v) is 29.6. The molecular formula is C45H43NO. The van der Waals surface area contributed by atoms with Gasteiger partial charge in [-0.3, -0.25) is 0 Å². The van der Waals surface area contributed by atoms with E-state index in [1.54, 1.807) is 0 Å². The average Bonchev–Trinajstić information content (AvgIpc) is 3.57. The molecule has 2 nitrogen and oxygen atoms in total. The molecule has 0 fully saturated rings. The Balaban J connectivity index is 1.40. The number of benzene rings is 5. The van der Waals surface area contributed by atoms with E-state index in [0.717, 1.165) is 11.5 Å². The minimum absolute atomic E-state index is 0.0993. The molecule has 0 spiro atoms. The maximum atomic E-state index is 7.37. The Kier molecular flexibility index (Phi) is 4.65. The van der Waals surface area contributed by atoms with Crippen molar-refractivity contribution in [3.8, 4) is 33.8 Å². The van der Waals surface area contributed by atoms with Crippen LogP contribution in [0.15, 0.2) is 60.7 Å².